The van der Waals surface area contributed by atoms with E-state index in [2.05, 4.69) is 44.6 Å². The Hall–Kier alpha value is -1.40. The Labute approximate surface area is 111 Å². The minimum absolute atomic E-state index is 0.0697. The number of hydrogen-bond donors (Lipinski definition) is 2. The van der Waals surface area contributed by atoms with Gasteiger partial charge in [-0.3, -0.25) is 0 Å². The summed E-state index contributed by atoms with van der Waals surface area (Å²) in [6.07, 6.45) is 0.947. The predicted molar refractivity (Wildman–Crippen MR) is 72.9 cm³/mol. The van der Waals surface area contributed by atoms with Crippen LogP contribution in [-0.2, 0) is 6.42 Å². The second kappa shape index (κ2) is 5.97. The number of rotatable bonds is 6. The molecule has 0 spiro atoms. The highest BCUT2D eigenvalue weighted by atomic mass is 32.1. The van der Waals surface area contributed by atoms with E-state index in [4.69, 9.17) is 4.42 Å². The maximum Gasteiger partial charge on any atom is 0.315 e. The minimum atomic E-state index is 0.0697. The molecule has 0 radical (unpaired) electrons. The van der Waals surface area contributed by atoms with E-state index in [1.54, 1.807) is 11.3 Å². The van der Waals surface area contributed by atoms with Crippen LogP contribution in [0.4, 0.5) is 6.01 Å². The van der Waals surface area contributed by atoms with Crippen molar-refractivity contribution in [3.05, 3.63) is 28.3 Å². The van der Waals surface area contributed by atoms with Gasteiger partial charge in [0.15, 0.2) is 0 Å². The smallest absolute Gasteiger partial charge is 0.315 e. The van der Waals surface area contributed by atoms with E-state index in [-0.39, 0.29) is 12.1 Å². The van der Waals surface area contributed by atoms with Crippen LogP contribution in [0.25, 0.3) is 0 Å². The largest absolute Gasteiger partial charge is 0.406 e. The van der Waals surface area contributed by atoms with Crippen LogP contribution in [0.2, 0.25) is 0 Å². The molecule has 0 saturated carbocycles. The summed E-state index contributed by atoms with van der Waals surface area (Å²) in [5.74, 6) is 0.600. The Balaban J connectivity index is 1.90. The van der Waals surface area contributed by atoms with Gasteiger partial charge in [0, 0.05) is 6.04 Å². The van der Waals surface area contributed by atoms with Gasteiger partial charge in [-0.05, 0) is 49.7 Å². The molecule has 2 unspecified atom stereocenters. The molecule has 98 valence electrons. The molecule has 0 aliphatic heterocycles. The van der Waals surface area contributed by atoms with Gasteiger partial charge in [0.25, 0.3) is 0 Å². The number of hydrogen-bond acceptors (Lipinski definition) is 6. The van der Waals surface area contributed by atoms with Crippen molar-refractivity contribution in [1.29, 1.82) is 0 Å². The summed E-state index contributed by atoms with van der Waals surface area (Å²) >= 11 is 1.71. The number of thiophene rings is 1. The van der Waals surface area contributed by atoms with Gasteiger partial charge in [-0.2, -0.15) is 11.3 Å². The highest BCUT2D eigenvalue weighted by Gasteiger charge is 2.13. The second-order valence-corrected chi connectivity index (χ2v) is 5.12. The quantitative estimate of drug-likeness (QED) is 0.841. The maximum absolute atomic E-state index is 5.53. The minimum Gasteiger partial charge on any atom is -0.406 e. The van der Waals surface area contributed by atoms with E-state index in [0.29, 0.717) is 11.9 Å². The lowest BCUT2D eigenvalue weighted by Crippen LogP contribution is -2.18. The highest BCUT2D eigenvalue weighted by molar-refractivity contribution is 7.07. The molecule has 0 amide bonds. The van der Waals surface area contributed by atoms with Crippen molar-refractivity contribution in [3.8, 4) is 0 Å². The van der Waals surface area contributed by atoms with Crippen LogP contribution in [0.1, 0.15) is 31.3 Å². The summed E-state index contributed by atoms with van der Waals surface area (Å²) in [6, 6.07) is 2.94. The number of aromatic nitrogens is 2. The molecular weight excluding hydrogens is 248 g/mol. The Kier molecular flexibility index (Phi) is 4.33. The van der Waals surface area contributed by atoms with Gasteiger partial charge in [-0.15, -0.1) is 5.10 Å². The Morgan fingerprint density at radius 3 is 2.89 bits per heavy atom. The standard InChI is InChI=1S/C12H18N4OS/c1-8(6-10-4-5-18-7-10)14-12-16-15-11(17-12)9(2)13-3/h4-5,7-9,13H,6H2,1-3H3,(H,14,16). The third kappa shape index (κ3) is 3.30. The van der Waals surface area contributed by atoms with Crippen molar-refractivity contribution in [3.63, 3.8) is 0 Å². The van der Waals surface area contributed by atoms with Gasteiger partial charge < -0.3 is 15.1 Å². The molecule has 2 rings (SSSR count). The van der Waals surface area contributed by atoms with Gasteiger partial charge in [0.05, 0.1) is 6.04 Å². The lowest BCUT2D eigenvalue weighted by molar-refractivity contribution is 0.439. The summed E-state index contributed by atoms with van der Waals surface area (Å²) in [5, 5.41) is 18.5. The molecule has 0 fully saturated rings. The molecule has 0 bridgehead atoms. The van der Waals surface area contributed by atoms with Gasteiger partial charge >= 0.3 is 6.01 Å². The third-order valence-corrected chi connectivity index (χ3v) is 3.47. The number of nitrogens with zero attached hydrogens (tertiary/aromatic N) is 2. The van der Waals surface area contributed by atoms with E-state index in [1.807, 2.05) is 14.0 Å². The first-order valence-corrected chi connectivity index (χ1v) is 6.91. The molecule has 2 aromatic rings. The average Bonchev–Trinajstić information content (AvgIpc) is 2.99. The van der Waals surface area contributed by atoms with E-state index in [0.717, 1.165) is 6.42 Å². The zero-order chi connectivity index (χ0) is 13.0. The van der Waals surface area contributed by atoms with E-state index in [9.17, 15) is 0 Å². The highest BCUT2D eigenvalue weighted by Crippen LogP contribution is 2.15. The molecule has 0 aliphatic rings. The second-order valence-electron chi connectivity index (χ2n) is 4.34. The van der Waals surface area contributed by atoms with Crippen molar-refractivity contribution in [1.82, 2.24) is 15.5 Å². The van der Waals surface area contributed by atoms with Crippen molar-refractivity contribution in [2.75, 3.05) is 12.4 Å². The fourth-order valence-corrected chi connectivity index (χ4v) is 2.30. The van der Waals surface area contributed by atoms with E-state index < -0.39 is 0 Å². The van der Waals surface area contributed by atoms with Crippen molar-refractivity contribution < 1.29 is 4.42 Å². The van der Waals surface area contributed by atoms with E-state index in [1.165, 1.54) is 5.56 Å². The first-order valence-electron chi connectivity index (χ1n) is 5.97. The van der Waals surface area contributed by atoms with Crippen molar-refractivity contribution in [2.24, 2.45) is 0 Å². The van der Waals surface area contributed by atoms with Crippen LogP contribution in [0.3, 0.4) is 0 Å². The molecule has 5 nitrogen and oxygen atoms in total. The lowest BCUT2D eigenvalue weighted by atomic mass is 10.1. The van der Waals surface area contributed by atoms with Gasteiger partial charge in [-0.1, -0.05) is 5.10 Å². The van der Waals surface area contributed by atoms with Crippen molar-refractivity contribution in [2.45, 2.75) is 32.4 Å². The topological polar surface area (TPSA) is 63.0 Å². The van der Waals surface area contributed by atoms with Crippen LogP contribution in [0, 0.1) is 0 Å². The Bertz CT molecular complexity index is 468. The summed E-state index contributed by atoms with van der Waals surface area (Å²) in [4.78, 5) is 0. The number of nitrogens with one attached hydrogen (secondary N) is 2. The molecule has 2 N–H and O–H groups in total. The van der Waals surface area contributed by atoms with Crippen molar-refractivity contribution >= 4 is 17.4 Å². The molecule has 0 aliphatic carbocycles. The van der Waals surface area contributed by atoms with Gasteiger partial charge in [0.1, 0.15) is 0 Å². The summed E-state index contributed by atoms with van der Waals surface area (Å²) in [7, 11) is 1.86. The average molecular weight is 266 g/mol. The van der Waals surface area contributed by atoms with Crippen LogP contribution < -0.4 is 10.6 Å². The Morgan fingerprint density at radius 2 is 2.22 bits per heavy atom. The third-order valence-electron chi connectivity index (χ3n) is 2.74. The van der Waals surface area contributed by atoms with Crippen LogP contribution in [0.5, 0.6) is 0 Å². The Morgan fingerprint density at radius 1 is 1.39 bits per heavy atom. The monoisotopic (exact) mass is 266 g/mol. The fourth-order valence-electron chi connectivity index (χ4n) is 1.62. The van der Waals surface area contributed by atoms with Crippen LogP contribution in [0.15, 0.2) is 21.2 Å². The summed E-state index contributed by atoms with van der Waals surface area (Å²) in [5.41, 5.74) is 1.32. The first kappa shape index (κ1) is 13.0. The van der Waals surface area contributed by atoms with Gasteiger partial charge in [0.2, 0.25) is 5.89 Å². The first-order chi connectivity index (χ1) is 8.69. The molecular formula is C12H18N4OS. The molecule has 6 heteroatoms. The summed E-state index contributed by atoms with van der Waals surface area (Å²) < 4.78 is 5.53. The SMILES string of the molecule is CNC(C)c1nnc(NC(C)Cc2ccsc2)o1. The molecule has 2 heterocycles. The molecule has 0 saturated heterocycles. The summed E-state index contributed by atoms with van der Waals surface area (Å²) in [6.45, 7) is 4.08. The van der Waals surface area contributed by atoms with Gasteiger partial charge in [-0.25, -0.2) is 0 Å². The zero-order valence-electron chi connectivity index (χ0n) is 10.8. The zero-order valence-corrected chi connectivity index (χ0v) is 11.6. The molecule has 0 aromatic carbocycles. The molecule has 2 aromatic heterocycles. The maximum atomic E-state index is 5.53. The van der Waals surface area contributed by atoms with E-state index >= 15 is 0 Å². The number of anilines is 1. The van der Waals surface area contributed by atoms with Crippen LogP contribution in [-0.4, -0.2) is 23.3 Å². The molecule has 18 heavy (non-hydrogen) atoms. The normalized spacial score (nSPS) is 14.4. The van der Waals surface area contributed by atoms with Crippen LogP contribution >= 0.6 is 11.3 Å². The molecule has 2 atom stereocenters. The predicted octanol–water partition coefficient (Wildman–Crippen LogP) is 2.45. The lowest BCUT2D eigenvalue weighted by Gasteiger charge is -2.10. The fraction of sp³-hybridized carbons (Fsp3) is 0.500.